The van der Waals surface area contributed by atoms with Crippen LogP contribution in [0.5, 0.6) is 0 Å². The minimum Gasteiger partial charge on any atom is -0.381 e. The highest BCUT2D eigenvalue weighted by molar-refractivity contribution is 5.92. The van der Waals surface area contributed by atoms with Gasteiger partial charge in [0.1, 0.15) is 5.84 Å². The van der Waals surface area contributed by atoms with E-state index in [9.17, 15) is 0 Å². The van der Waals surface area contributed by atoms with Crippen LogP contribution < -0.4 is 0 Å². The third-order valence-electron chi connectivity index (χ3n) is 5.79. The molecule has 6 rings (SSSR count). The number of nitrogens with zero attached hydrogens (tertiary/aromatic N) is 3. The molecule has 5 heteroatoms. The fourth-order valence-corrected chi connectivity index (χ4v) is 4.10. The van der Waals surface area contributed by atoms with Crippen molar-refractivity contribution in [3.8, 4) is 0 Å². The Hall–Kier alpha value is -2.50. The second kappa shape index (κ2) is 17.0. The maximum Gasteiger partial charge on any atom is 0.109 e. The van der Waals surface area contributed by atoms with E-state index in [0.29, 0.717) is 0 Å². The highest BCUT2D eigenvalue weighted by Gasteiger charge is 2.20. The number of amidine groups is 1. The predicted molar refractivity (Wildman–Crippen MR) is 150 cm³/mol. The van der Waals surface area contributed by atoms with Gasteiger partial charge in [0, 0.05) is 44.9 Å². The molecular formula is C30H45N3O2. The summed E-state index contributed by atoms with van der Waals surface area (Å²) in [4.78, 5) is 11.4. The van der Waals surface area contributed by atoms with E-state index >= 15 is 0 Å². The van der Waals surface area contributed by atoms with E-state index in [2.05, 4.69) is 58.2 Å². The van der Waals surface area contributed by atoms with Crippen molar-refractivity contribution in [3.05, 3.63) is 59.7 Å². The van der Waals surface area contributed by atoms with Gasteiger partial charge in [-0.2, -0.15) is 0 Å². The molecule has 0 amide bonds. The van der Waals surface area contributed by atoms with Crippen LogP contribution in [0.2, 0.25) is 0 Å². The molecule has 2 aromatic carbocycles. The summed E-state index contributed by atoms with van der Waals surface area (Å²) in [6.07, 6.45) is 5.95. The molecule has 0 saturated carbocycles. The SMILES string of the molecule is C1CCOCC1.CC.CC.CC1=Nc2ccccc2C1.c1ccc2c(c1)CC(N1CCOCC1)=N2. The summed E-state index contributed by atoms with van der Waals surface area (Å²) in [5.41, 5.74) is 6.22. The van der Waals surface area contributed by atoms with Gasteiger partial charge in [-0.25, -0.2) is 4.99 Å². The molecule has 0 N–H and O–H groups in total. The van der Waals surface area contributed by atoms with Crippen LogP contribution >= 0.6 is 0 Å². The molecule has 5 nitrogen and oxygen atoms in total. The van der Waals surface area contributed by atoms with Crippen molar-refractivity contribution < 1.29 is 9.47 Å². The third kappa shape index (κ3) is 9.58. The quantitative estimate of drug-likeness (QED) is 0.402. The molecule has 0 aliphatic carbocycles. The number of benzene rings is 2. The number of ether oxygens (including phenoxy) is 2. The lowest BCUT2D eigenvalue weighted by Crippen LogP contribution is -2.40. The Morgan fingerprint density at radius 2 is 1.14 bits per heavy atom. The van der Waals surface area contributed by atoms with Gasteiger partial charge in [0.15, 0.2) is 0 Å². The van der Waals surface area contributed by atoms with Crippen LogP contribution in [0.25, 0.3) is 0 Å². The number of morpholine rings is 1. The second-order valence-corrected chi connectivity index (χ2v) is 8.26. The minimum absolute atomic E-state index is 0.829. The van der Waals surface area contributed by atoms with Crippen molar-refractivity contribution in [1.29, 1.82) is 0 Å². The van der Waals surface area contributed by atoms with Crippen molar-refractivity contribution in [2.75, 3.05) is 39.5 Å². The van der Waals surface area contributed by atoms with Crippen LogP contribution in [-0.2, 0) is 22.3 Å². The molecule has 2 aromatic rings. The highest BCUT2D eigenvalue weighted by atomic mass is 16.5. The fourth-order valence-electron chi connectivity index (χ4n) is 4.10. The number of rotatable bonds is 0. The zero-order valence-electron chi connectivity index (χ0n) is 22.6. The number of aliphatic imine (C=N–C) groups is 2. The molecule has 0 spiro atoms. The third-order valence-corrected chi connectivity index (χ3v) is 5.79. The van der Waals surface area contributed by atoms with Crippen LogP contribution in [0.1, 0.15) is 65.0 Å². The number of hydrogen-bond donors (Lipinski definition) is 0. The van der Waals surface area contributed by atoms with E-state index < -0.39 is 0 Å². The molecule has 0 bridgehead atoms. The van der Waals surface area contributed by atoms with Crippen LogP contribution in [0.4, 0.5) is 11.4 Å². The summed E-state index contributed by atoms with van der Waals surface area (Å²) < 4.78 is 10.4. The normalized spacial score (nSPS) is 17.2. The largest absolute Gasteiger partial charge is 0.381 e. The van der Waals surface area contributed by atoms with Gasteiger partial charge in [-0.3, -0.25) is 4.99 Å². The summed E-state index contributed by atoms with van der Waals surface area (Å²) in [6, 6.07) is 16.7. The van der Waals surface area contributed by atoms with Gasteiger partial charge in [-0.15, -0.1) is 0 Å². The summed E-state index contributed by atoms with van der Waals surface area (Å²) in [5.74, 6) is 1.21. The zero-order valence-corrected chi connectivity index (χ0v) is 22.6. The average Bonchev–Trinajstić information content (AvgIpc) is 3.56. The van der Waals surface area contributed by atoms with E-state index in [0.717, 1.165) is 63.7 Å². The highest BCUT2D eigenvalue weighted by Crippen LogP contribution is 2.27. The number of para-hydroxylation sites is 2. The Labute approximate surface area is 213 Å². The molecule has 192 valence electrons. The Morgan fingerprint density at radius 3 is 1.63 bits per heavy atom. The van der Waals surface area contributed by atoms with E-state index in [4.69, 9.17) is 9.47 Å². The van der Waals surface area contributed by atoms with Gasteiger partial charge in [0.2, 0.25) is 0 Å². The van der Waals surface area contributed by atoms with Crippen LogP contribution in [0.15, 0.2) is 58.5 Å². The molecule has 4 aliphatic rings. The van der Waals surface area contributed by atoms with Gasteiger partial charge in [-0.05, 0) is 49.4 Å². The molecule has 0 radical (unpaired) electrons. The molecule has 4 aliphatic heterocycles. The van der Waals surface area contributed by atoms with Gasteiger partial charge in [-0.1, -0.05) is 64.1 Å². The topological polar surface area (TPSA) is 46.4 Å². The average molecular weight is 480 g/mol. The lowest BCUT2D eigenvalue weighted by Gasteiger charge is -2.28. The Bertz CT molecular complexity index is 902. The minimum atomic E-state index is 0.829. The van der Waals surface area contributed by atoms with E-state index in [1.54, 1.807) is 0 Å². The van der Waals surface area contributed by atoms with Gasteiger partial charge < -0.3 is 14.4 Å². The van der Waals surface area contributed by atoms with Crippen molar-refractivity contribution in [2.24, 2.45) is 9.98 Å². The smallest absolute Gasteiger partial charge is 0.109 e. The van der Waals surface area contributed by atoms with E-state index in [-0.39, 0.29) is 0 Å². The molecule has 2 fully saturated rings. The van der Waals surface area contributed by atoms with Crippen LogP contribution in [0.3, 0.4) is 0 Å². The molecule has 2 saturated heterocycles. The standard InChI is InChI=1S/C12H14N2O.C9H9N.C5H10O.2C2H6/c1-2-4-11-10(3-1)9-12(13-11)14-5-7-15-8-6-14;1-7-6-8-4-2-3-5-9(8)10-7;1-2-4-6-5-3-1;2*1-2/h1-4H,5-9H2;2-5H,6H2,1H3;1-5H2;2*1-2H3. The Morgan fingerprint density at radius 1 is 0.629 bits per heavy atom. The van der Waals surface area contributed by atoms with Gasteiger partial charge >= 0.3 is 0 Å². The molecule has 4 heterocycles. The summed E-state index contributed by atoms with van der Waals surface area (Å²) in [6.45, 7) is 15.7. The zero-order chi connectivity index (χ0) is 25.3. The van der Waals surface area contributed by atoms with Gasteiger partial charge in [0.05, 0.1) is 24.6 Å². The Kier molecular flexibility index (Phi) is 14.0. The molecule has 0 unspecified atom stereocenters. The first kappa shape index (κ1) is 28.7. The lowest BCUT2D eigenvalue weighted by atomic mass is 10.1. The first-order valence-corrected chi connectivity index (χ1v) is 13.5. The number of hydrogen-bond acceptors (Lipinski definition) is 5. The van der Waals surface area contributed by atoms with Crippen molar-refractivity contribution in [3.63, 3.8) is 0 Å². The maximum atomic E-state index is 5.34. The number of fused-ring (bicyclic) bond motifs is 2. The van der Waals surface area contributed by atoms with Crippen molar-refractivity contribution >= 4 is 22.9 Å². The van der Waals surface area contributed by atoms with E-state index in [1.807, 2.05) is 39.8 Å². The molecule has 0 atom stereocenters. The summed E-state index contributed by atoms with van der Waals surface area (Å²) >= 11 is 0. The molecule has 0 aromatic heterocycles. The summed E-state index contributed by atoms with van der Waals surface area (Å²) in [7, 11) is 0. The maximum absolute atomic E-state index is 5.34. The molecular weight excluding hydrogens is 434 g/mol. The monoisotopic (exact) mass is 479 g/mol. The van der Waals surface area contributed by atoms with E-state index in [1.165, 1.54) is 41.9 Å². The fraction of sp³-hybridized carbons (Fsp3) is 0.533. The summed E-state index contributed by atoms with van der Waals surface area (Å²) in [5, 5.41) is 0. The van der Waals surface area contributed by atoms with Crippen LogP contribution in [-0.4, -0.2) is 56.0 Å². The predicted octanol–water partition coefficient (Wildman–Crippen LogP) is 7.18. The first-order chi connectivity index (χ1) is 17.3. The van der Waals surface area contributed by atoms with Crippen molar-refractivity contribution in [1.82, 2.24) is 4.90 Å². The Balaban J connectivity index is 0.000000187. The van der Waals surface area contributed by atoms with Crippen LogP contribution in [0, 0.1) is 0 Å². The molecule has 35 heavy (non-hydrogen) atoms. The van der Waals surface area contributed by atoms with Crippen molar-refractivity contribution in [2.45, 2.75) is 66.7 Å². The second-order valence-electron chi connectivity index (χ2n) is 8.26. The first-order valence-electron chi connectivity index (χ1n) is 13.5. The lowest BCUT2D eigenvalue weighted by molar-refractivity contribution is 0.0675. The van der Waals surface area contributed by atoms with Gasteiger partial charge in [0.25, 0.3) is 0 Å².